The summed E-state index contributed by atoms with van der Waals surface area (Å²) < 4.78 is 11.0. The fourth-order valence-corrected chi connectivity index (χ4v) is 3.19. The van der Waals surface area contributed by atoms with E-state index in [9.17, 15) is 14.4 Å². The highest BCUT2D eigenvalue weighted by Crippen LogP contribution is 2.31. The number of ether oxygens (including phenoxy) is 1. The van der Waals surface area contributed by atoms with Gasteiger partial charge in [-0.25, -0.2) is 4.79 Å². The minimum atomic E-state index is -1.01. The van der Waals surface area contributed by atoms with Crippen molar-refractivity contribution in [2.75, 3.05) is 24.5 Å². The molecule has 0 aliphatic carbocycles. The van der Waals surface area contributed by atoms with Gasteiger partial charge in [-0.1, -0.05) is 5.10 Å². The zero-order valence-electron chi connectivity index (χ0n) is 15.7. The molecule has 0 radical (unpaired) electrons. The molecule has 148 valence electrons. The molecule has 1 aromatic heterocycles. The molecular weight excluding hydrogens is 356 g/mol. The lowest BCUT2D eigenvalue weighted by Crippen LogP contribution is -2.41. The summed E-state index contributed by atoms with van der Waals surface area (Å²) in [7, 11) is 0. The predicted molar refractivity (Wildman–Crippen MR) is 92.2 cm³/mol. The largest absolute Gasteiger partial charge is 0.481 e. The maximum absolute atomic E-state index is 12.1. The Bertz CT molecular complexity index is 732. The van der Waals surface area contributed by atoms with Gasteiger partial charge in [0.1, 0.15) is 5.60 Å². The summed E-state index contributed by atoms with van der Waals surface area (Å²) in [5.74, 6) is -1.72. The van der Waals surface area contributed by atoms with Gasteiger partial charge < -0.3 is 19.2 Å². The molecule has 2 aliphatic heterocycles. The Labute approximate surface area is 156 Å². The predicted octanol–water partition coefficient (Wildman–Crippen LogP) is 1.62. The lowest BCUT2D eigenvalue weighted by Gasteiger charge is -2.32. The molecule has 0 bridgehead atoms. The third kappa shape index (κ3) is 4.37. The first-order valence-electron chi connectivity index (χ1n) is 8.98. The smallest absolute Gasteiger partial charge is 0.410 e. The number of nitrogens with zero attached hydrogens (tertiary/aromatic N) is 4. The molecule has 1 atom stereocenters. The van der Waals surface area contributed by atoms with E-state index in [2.05, 4.69) is 10.2 Å². The summed E-state index contributed by atoms with van der Waals surface area (Å²) in [5, 5.41) is 17.0. The number of aliphatic carboxylic acids is 1. The number of likely N-dealkylation sites (tertiary alicyclic amines) is 1. The Morgan fingerprint density at radius 2 is 1.89 bits per heavy atom. The van der Waals surface area contributed by atoms with Crippen molar-refractivity contribution in [2.45, 2.75) is 51.6 Å². The van der Waals surface area contributed by atoms with E-state index < -0.39 is 17.5 Å². The monoisotopic (exact) mass is 380 g/mol. The quantitative estimate of drug-likeness (QED) is 0.838. The molecule has 2 amide bonds. The second-order valence-corrected chi connectivity index (χ2v) is 7.91. The van der Waals surface area contributed by atoms with Crippen molar-refractivity contribution in [3.8, 4) is 0 Å². The van der Waals surface area contributed by atoms with Gasteiger partial charge in [-0.3, -0.25) is 14.5 Å². The van der Waals surface area contributed by atoms with Gasteiger partial charge in [-0.05, 0) is 33.6 Å². The fourth-order valence-electron chi connectivity index (χ4n) is 3.19. The lowest BCUT2D eigenvalue weighted by atomic mass is 9.97. The number of anilines is 1. The Hall–Kier alpha value is -2.65. The van der Waals surface area contributed by atoms with Crippen molar-refractivity contribution < 1.29 is 28.6 Å². The van der Waals surface area contributed by atoms with Gasteiger partial charge in [-0.15, -0.1) is 5.10 Å². The van der Waals surface area contributed by atoms with Crippen LogP contribution in [0.2, 0.25) is 0 Å². The first-order chi connectivity index (χ1) is 12.6. The molecule has 2 saturated heterocycles. The molecule has 1 unspecified atom stereocenters. The molecule has 0 saturated carbocycles. The Morgan fingerprint density at radius 3 is 2.44 bits per heavy atom. The molecular formula is C17H24N4O6. The van der Waals surface area contributed by atoms with Crippen LogP contribution < -0.4 is 4.90 Å². The van der Waals surface area contributed by atoms with Crippen molar-refractivity contribution in [3.05, 3.63) is 5.89 Å². The average Bonchev–Trinajstić information content (AvgIpc) is 3.20. The maximum atomic E-state index is 12.1. The zero-order chi connectivity index (χ0) is 19.8. The maximum Gasteiger partial charge on any atom is 0.410 e. The molecule has 3 heterocycles. The van der Waals surface area contributed by atoms with E-state index in [1.165, 1.54) is 4.90 Å². The third-order valence-corrected chi connectivity index (χ3v) is 4.63. The first-order valence-corrected chi connectivity index (χ1v) is 8.98. The molecule has 3 rings (SSSR count). The van der Waals surface area contributed by atoms with Crippen LogP contribution in [0.3, 0.4) is 0 Å². The van der Waals surface area contributed by atoms with Crippen molar-refractivity contribution in [1.82, 2.24) is 15.1 Å². The van der Waals surface area contributed by atoms with Crippen LogP contribution in [0.4, 0.5) is 10.8 Å². The van der Waals surface area contributed by atoms with Crippen LogP contribution >= 0.6 is 0 Å². The Balaban J connectivity index is 1.58. The highest BCUT2D eigenvalue weighted by atomic mass is 16.6. The van der Waals surface area contributed by atoms with E-state index in [0.29, 0.717) is 31.8 Å². The van der Waals surface area contributed by atoms with Crippen LogP contribution in [0.5, 0.6) is 0 Å². The zero-order valence-corrected chi connectivity index (χ0v) is 15.7. The van der Waals surface area contributed by atoms with Gasteiger partial charge >= 0.3 is 18.1 Å². The van der Waals surface area contributed by atoms with Gasteiger partial charge in [0.15, 0.2) is 0 Å². The molecule has 10 heteroatoms. The van der Waals surface area contributed by atoms with Gasteiger partial charge in [0.25, 0.3) is 0 Å². The van der Waals surface area contributed by atoms with Crippen LogP contribution in [0.1, 0.15) is 51.8 Å². The van der Waals surface area contributed by atoms with Crippen molar-refractivity contribution in [2.24, 2.45) is 5.92 Å². The van der Waals surface area contributed by atoms with E-state index in [4.69, 9.17) is 14.3 Å². The molecule has 27 heavy (non-hydrogen) atoms. The number of rotatable bonds is 3. The van der Waals surface area contributed by atoms with Gasteiger partial charge in [0, 0.05) is 32.0 Å². The van der Waals surface area contributed by atoms with Crippen molar-refractivity contribution in [1.29, 1.82) is 0 Å². The van der Waals surface area contributed by atoms with Crippen molar-refractivity contribution in [3.63, 3.8) is 0 Å². The highest BCUT2D eigenvalue weighted by Gasteiger charge is 2.38. The standard InChI is InChI=1S/C17H24N4O6/c1-17(2,3)27-16(25)20-6-4-10(5-7-20)13-18-19-15(26-13)21-9-11(14(23)24)8-12(21)22/h10-11H,4-9H2,1-3H3,(H,23,24). The van der Waals surface area contributed by atoms with Crippen LogP contribution in [0.15, 0.2) is 4.42 Å². The van der Waals surface area contributed by atoms with Crippen LogP contribution in [0, 0.1) is 5.92 Å². The van der Waals surface area contributed by atoms with Crippen LogP contribution in [0.25, 0.3) is 0 Å². The van der Waals surface area contributed by atoms with Gasteiger partial charge in [0.2, 0.25) is 11.8 Å². The van der Waals surface area contributed by atoms with E-state index in [1.54, 1.807) is 4.90 Å². The third-order valence-electron chi connectivity index (χ3n) is 4.63. The second-order valence-electron chi connectivity index (χ2n) is 7.91. The van der Waals surface area contributed by atoms with Crippen molar-refractivity contribution >= 4 is 24.0 Å². The van der Waals surface area contributed by atoms with Gasteiger partial charge in [-0.2, -0.15) is 0 Å². The van der Waals surface area contributed by atoms with E-state index >= 15 is 0 Å². The van der Waals surface area contributed by atoms with Gasteiger partial charge in [0.05, 0.1) is 5.92 Å². The number of amides is 2. The Kier molecular flexibility index (Phi) is 5.07. The number of carboxylic acid groups (broad SMARTS) is 1. The first kappa shape index (κ1) is 19.1. The summed E-state index contributed by atoms with van der Waals surface area (Å²) in [5.41, 5.74) is -0.536. The minimum Gasteiger partial charge on any atom is -0.481 e. The summed E-state index contributed by atoms with van der Waals surface area (Å²) in [6.45, 7) is 6.54. The van der Waals surface area contributed by atoms with Crippen LogP contribution in [-0.4, -0.2) is 63.4 Å². The topological polar surface area (TPSA) is 126 Å². The molecule has 1 N–H and O–H groups in total. The fraction of sp³-hybridized carbons (Fsp3) is 0.706. The number of carbonyl (C=O) groups is 3. The number of carbonyl (C=O) groups excluding carboxylic acids is 2. The second kappa shape index (κ2) is 7.16. The Morgan fingerprint density at radius 1 is 1.22 bits per heavy atom. The van der Waals surface area contributed by atoms with Crippen LogP contribution in [-0.2, 0) is 14.3 Å². The minimum absolute atomic E-state index is 0.0158. The number of carboxylic acids is 1. The highest BCUT2D eigenvalue weighted by molar-refractivity contribution is 5.97. The molecule has 0 aromatic carbocycles. The summed E-state index contributed by atoms with van der Waals surface area (Å²) in [6, 6.07) is 0.0355. The van der Waals surface area contributed by atoms with E-state index in [1.807, 2.05) is 20.8 Å². The average molecular weight is 380 g/mol. The lowest BCUT2D eigenvalue weighted by molar-refractivity contribution is -0.141. The van der Waals surface area contributed by atoms with E-state index in [0.717, 1.165) is 0 Å². The number of aromatic nitrogens is 2. The molecule has 2 fully saturated rings. The normalized spacial score (nSPS) is 21.6. The molecule has 10 nitrogen and oxygen atoms in total. The summed E-state index contributed by atoms with van der Waals surface area (Å²) in [6.07, 6.45) is 0.884. The molecule has 2 aliphatic rings. The summed E-state index contributed by atoms with van der Waals surface area (Å²) >= 11 is 0. The number of piperidine rings is 1. The number of hydrogen-bond donors (Lipinski definition) is 1. The molecule has 1 aromatic rings. The SMILES string of the molecule is CC(C)(C)OC(=O)N1CCC(c2nnc(N3CC(C(=O)O)CC3=O)o2)CC1. The molecule has 0 spiro atoms. The summed E-state index contributed by atoms with van der Waals surface area (Å²) in [4.78, 5) is 38.0. The van der Waals surface area contributed by atoms with E-state index in [-0.39, 0.29) is 36.9 Å². The number of hydrogen-bond acceptors (Lipinski definition) is 7.